The smallest absolute Gasteiger partial charge is 0.221 e. The van der Waals surface area contributed by atoms with Gasteiger partial charge in [0.05, 0.1) is 12.2 Å². The summed E-state index contributed by atoms with van der Waals surface area (Å²) in [6.07, 6.45) is 0.219. The predicted octanol–water partition coefficient (Wildman–Crippen LogP) is 8.54. The third kappa shape index (κ3) is 8.35. The van der Waals surface area contributed by atoms with E-state index in [9.17, 15) is 5.11 Å². The third-order valence-corrected chi connectivity index (χ3v) is 9.83. The molecule has 1 N–H and O–H groups in total. The van der Waals surface area contributed by atoms with Gasteiger partial charge in [0.25, 0.3) is 0 Å². The van der Waals surface area contributed by atoms with Gasteiger partial charge in [-0.05, 0) is 93.1 Å². The van der Waals surface area contributed by atoms with Gasteiger partial charge in [0.15, 0.2) is 16.6 Å². The zero-order chi connectivity index (χ0) is 30.7. The van der Waals surface area contributed by atoms with Gasteiger partial charge in [-0.15, -0.1) is 0 Å². The Balaban J connectivity index is 1.62. The molecule has 0 saturated carbocycles. The van der Waals surface area contributed by atoms with E-state index in [0.29, 0.717) is 23.6 Å². The van der Waals surface area contributed by atoms with Crippen molar-refractivity contribution in [2.75, 3.05) is 0 Å². The van der Waals surface area contributed by atoms with E-state index in [1.54, 1.807) is 0 Å². The first-order valence-corrected chi connectivity index (χ1v) is 22.2. The summed E-state index contributed by atoms with van der Waals surface area (Å²) in [4.78, 5) is 0. The second-order valence-corrected chi connectivity index (χ2v) is 22.7. The Labute approximate surface area is 259 Å². The molecule has 0 unspecified atom stereocenters. The van der Waals surface area contributed by atoms with Gasteiger partial charge in [0, 0.05) is 16.5 Å². The summed E-state index contributed by atoms with van der Waals surface area (Å²) in [7, 11) is -4.08. The molecule has 228 valence electrons. The van der Waals surface area contributed by atoms with Gasteiger partial charge in [0.2, 0.25) is 5.79 Å². The monoisotopic (exact) mass is 626 g/mol. The van der Waals surface area contributed by atoms with E-state index in [-0.39, 0.29) is 18.1 Å². The molecule has 3 aromatic rings. The average Bonchev–Trinajstić information content (AvgIpc) is 2.93. The van der Waals surface area contributed by atoms with Crippen molar-refractivity contribution in [2.45, 2.75) is 96.7 Å². The molecule has 0 radical (unpaired) electrons. The van der Waals surface area contributed by atoms with E-state index in [1.165, 1.54) is 0 Å². The zero-order valence-corrected chi connectivity index (χ0v) is 29.1. The molecule has 5 nitrogen and oxygen atoms in total. The van der Waals surface area contributed by atoms with Crippen LogP contribution in [0.4, 0.5) is 0 Å². The average molecular weight is 627 g/mol. The fourth-order valence-electron chi connectivity index (χ4n) is 5.51. The van der Waals surface area contributed by atoms with E-state index in [4.69, 9.17) is 29.9 Å². The summed E-state index contributed by atoms with van der Waals surface area (Å²) in [6.45, 7) is 17.7. The third-order valence-electron chi connectivity index (χ3n) is 7.52. The van der Waals surface area contributed by atoms with Crippen molar-refractivity contribution < 1.29 is 23.4 Å². The second kappa shape index (κ2) is 13.3. The van der Waals surface area contributed by atoms with E-state index in [1.807, 2.05) is 48.5 Å². The maximum absolute atomic E-state index is 12.5. The van der Waals surface area contributed by atoms with Gasteiger partial charge in [-0.3, -0.25) is 0 Å². The molecule has 42 heavy (non-hydrogen) atoms. The molecule has 0 aromatic heterocycles. The van der Waals surface area contributed by atoms with Crippen molar-refractivity contribution in [1.82, 2.24) is 0 Å². The molecule has 1 aliphatic heterocycles. The van der Waals surface area contributed by atoms with Gasteiger partial charge in [-0.1, -0.05) is 74.0 Å². The summed E-state index contributed by atoms with van der Waals surface area (Å²) >= 11 is 6.73. The number of hydrogen-bond acceptors (Lipinski definition) is 5. The quantitative estimate of drug-likeness (QED) is 0.216. The SMILES string of the molecule is CC[C@H]1O[C@@](O)(c2ccc(Cl)c(Cc3ccc(OCc4ccccc4)cc3)c2)[C@H](O[Si](C)(C)C)[C@@H](O[Si](C)(C)C)[C@@H]1C. The van der Waals surface area contributed by atoms with Gasteiger partial charge >= 0.3 is 0 Å². The standard InChI is InChI=1S/C34H47ClO5Si2/c1-9-31-24(2)32(39-41(3,4)5)33(40-42(6,7)8)34(36,38-31)28-17-20-30(35)27(22-28)21-25-15-18-29(19-16-25)37-23-26-13-11-10-12-14-26/h10-20,22,24,31-33,36H,9,21,23H2,1-8H3/t24-,31-,32+,33-,34+/m1/s1. The Morgan fingerprint density at radius 2 is 1.50 bits per heavy atom. The molecule has 0 amide bonds. The van der Waals surface area contributed by atoms with Gasteiger partial charge < -0.3 is 23.4 Å². The van der Waals surface area contributed by atoms with Crippen LogP contribution in [-0.2, 0) is 32.4 Å². The van der Waals surface area contributed by atoms with Crippen LogP contribution >= 0.6 is 11.6 Å². The highest BCUT2D eigenvalue weighted by atomic mass is 35.5. The van der Waals surface area contributed by atoms with Crippen molar-refractivity contribution in [2.24, 2.45) is 5.92 Å². The van der Waals surface area contributed by atoms with Crippen molar-refractivity contribution in [1.29, 1.82) is 0 Å². The molecule has 0 spiro atoms. The molecule has 1 heterocycles. The van der Waals surface area contributed by atoms with Crippen LogP contribution < -0.4 is 4.74 Å². The molecule has 1 fully saturated rings. The predicted molar refractivity (Wildman–Crippen MR) is 176 cm³/mol. The van der Waals surface area contributed by atoms with Crippen LogP contribution in [0.1, 0.15) is 42.5 Å². The highest BCUT2D eigenvalue weighted by Crippen LogP contribution is 2.45. The van der Waals surface area contributed by atoms with Crippen molar-refractivity contribution in [3.63, 3.8) is 0 Å². The molecule has 0 aliphatic carbocycles. The van der Waals surface area contributed by atoms with Gasteiger partial charge in [0.1, 0.15) is 18.5 Å². The maximum atomic E-state index is 12.5. The molecular weight excluding hydrogens is 580 g/mol. The summed E-state index contributed by atoms with van der Waals surface area (Å²) in [5, 5.41) is 13.1. The minimum Gasteiger partial charge on any atom is -0.489 e. The fourth-order valence-corrected chi connectivity index (χ4v) is 7.90. The van der Waals surface area contributed by atoms with E-state index in [2.05, 4.69) is 77.4 Å². The first kappa shape index (κ1) is 32.9. The lowest BCUT2D eigenvalue weighted by molar-refractivity contribution is -0.339. The topological polar surface area (TPSA) is 57.2 Å². The number of halogens is 1. The number of hydrogen-bond donors (Lipinski definition) is 1. The summed E-state index contributed by atoms with van der Waals surface area (Å²) in [6, 6.07) is 23.9. The van der Waals surface area contributed by atoms with Crippen LogP contribution in [-0.4, -0.2) is 40.1 Å². The van der Waals surface area contributed by atoms with Crippen LogP contribution in [0.5, 0.6) is 5.75 Å². The summed E-state index contributed by atoms with van der Waals surface area (Å²) < 4.78 is 26.0. The highest BCUT2D eigenvalue weighted by molar-refractivity contribution is 6.70. The Bertz CT molecular complexity index is 1310. The van der Waals surface area contributed by atoms with Crippen LogP contribution in [0.25, 0.3) is 0 Å². The van der Waals surface area contributed by atoms with E-state index >= 15 is 0 Å². The van der Waals surface area contributed by atoms with Gasteiger partial charge in [-0.2, -0.15) is 0 Å². The lowest BCUT2D eigenvalue weighted by Gasteiger charge is -2.53. The largest absolute Gasteiger partial charge is 0.489 e. The lowest BCUT2D eigenvalue weighted by atomic mass is 9.82. The molecule has 1 aliphatic rings. The highest BCUT2D eigenvalue weighted by Gasteiger charge is 2.56. The molecule has 4 rings (SSSR count). The van der Waals surface area contributed by atoms with Crippen LogP contribution in [0.15, 0.2) is 72.8 Å². The molecule has 3 aromatic carbocycles. The molecule has 0 bridgehead atoms. The second-order valence-electron chi connectivity index (χ2n) is 13.4. The summed E-state index contributed by atoms with van der Waals surface area (Å²) in [5.74, 6) is -0.795. The fraction of sp³-hybridized carbons (Fsp3) is 0.471. The number of benzene rings is 3. The van der Waals surface area contributed by atoms with Crippen molar-refractivity contribution in [3.05, 3.63) is 100 Å². The number of aliphatic hydroxyl groups is 1. The van der Waals surface area contributed by atoms with Gasteiger partial charge in [-0.25, -0.2) is 0 Å². The minimum absolute atomic E-state index is 0.0674. The van der Waals surface area contributed by atoms with Crippen molar-refractivity contribution >= 4 is 28.2 Å². The molecule has 5 atom stereocenters. The van der Waals surface area contributed by atoms with E-state index < -0.39 is 28.5 Å². The Morgan fingerprint density at radius 3 is 2.10 bits per heavy atom. The minimum atomic E-state index is -2.11. The van der Waals surface area contributed by atoms with Crippen LogP contribution in [0.2, 0.25) is 44.3 Å². The molecule has 1 saturated heterocycles. The first-order chi connectivity index (χ1) is 19.7. The van der Waals surface area contributed by atoms with Crippen molar-refractivity contribution in [3.8, 4) is 5.75 Å². The molecule has 8 heteroatoms. The van der Waals surface area contributed by atoms with E-state index in [0.717, 1.165) is 28.9 Å². The lowest BCUT2D eigenvalue weighted by Crippen LogP contribution is -2.64. The van der Waals surface area contributed by atoms with Crippen LogP contribution in [0.3, 0.4) is 0 Å². The first-order valence-electron chi connectivity index (χ1n) is 15.0. The Hall–Kier alpha value is -1.98. The zero-order valence-electron chi connectivity index (χ0n) is 26.3. The number of ether oxygens (including phenoxy) is 2. The number of rotatable bonds is 11. The molecular formula is C34H47ClO5Si2. The maximum Gasteiger partial charge on any atom is 0.221 e. The Morgan fingerprint density at radius 1 is 0.857 bits per heavy atom. The summed E-state index contributed by atoms with van der Waals surface area (Å²) in [5.41, 5.74) is 3.77. The van der Waals surface area contributed by atoms with Crippen LogP contribution in [0, 0.1) is 5.92 Å². The normalized spacial score (nSPS) is 24.9. The Kier molecular flexibility index (Phi) is 10.5.